The molecule has 0 radical (unpaired) electrons. The number of anilines is 1. The number of nitrogens with one attached hydrogen (secondary N) is 3. The second-order valence-electron chi connectivity index (χ2n) is 6.42. The molecule has 3 N–H and O–H groups in total. The van der Waals surface area contributed by atoms with Gasteiger partial charge >= 0.3 is 6.03 Å². The minimum absolute atomic E-state index is 0.231. The predicted molar refractivity (Wildman–Crippen MR) is 99.8 cm³/mol. The van der Waals surface area contributed by atoms with Gasteiger partial charge < -0.3 is 10.6 Å². The Morgan fingerprint density at radius 2 is 2.00 bits per heavy atom. The molecule has 9 heteroatoms. The van der Waals surface area contributed by atoms with Crippen molar-refractivity contribution in [1.82, 2.24) is 25.2 Å². The van der Waals surface area contributed by atoms with Crippen LogP contribution in [-0.2, 0) is 10.3 Å². The third-order valence-corrected chi connectivity index (χ3v) is 4.48. The monoisotopic (exact) mass is 376 g/mol. The molecule has 0 saturated carbocycles. The Labute approximate surface area is 159 Å². The smallest absolute Gasteiger partial charge is 0.321 e. The Kier molecular flexibility index (Phi) is 4.11. The lowest BCUT2D eigenvalue weighted by Crippen LogP contribution is -2.40. The topological polar surface area (TPSA) is 118 Å². The molecule has 9 nitrogen and oxygen atoms in total. The van der Waals surface area contributed by atoms with Gasteiger partial charge in [-0.25, -0.2) is 14.8 Å². The number of imidazole rings is 1. The van der Waals surface area contributed by atoms with Crippen LogP contribution in [0.3, 0.4) is 0 Å². The van der Waals surface area contributed by atoms with Crippen molar-refractivity contribution in [2.75, 3.05) is 5.32 Å². The van der Waals surface area contributed by atoms with Gasteiger partial charge in [-0.2, -0.15) is 0 Å². The Morgan fingerprint density at radius 1 is 1.18 bits per heavy atom. The second kappa shape index (κ2) is 6.62. The van der Waals surface area contributed by atoms with Crippen LogP contribution in [0, 0.1) is 0 Å². The third-order valence-electron chi connectivity index (χ3n) is 4.48. The van der Waals surface area contributed by atoms with E-state index in [2.05, 4.69) is 25.9 Å². The number of amides is 4. The zero-order valence-electron chi connectivity index (χ0n) is 14.8. The van der Waals surface area contributed by atoms with Gasteiger partial charge in [0, 0.05) is 18.1 Å². The molecule has 4 rings (SSSR count). The molecule has 0 spiro atoms. The summed E-state index contributed by atoms with van der Waals surface area (Å²) in [6, 6.07) is 11.3. The van der Waals surface area contributed by atoms with E-state index in [1.165, 1.54) is 0 Å². The lowest BCUT2D eigenvalue weighted by atomic mass is 9.92. The fourth-order valence-electron chi connectivity index (χ4n) is 2.94. The fraction of sp³-hybridized carbons (Fsp3) is 0.105. The summed E-state index contributed by atoms with van der Waals surface area (Å²) in [7, 11) is 0. The number of aromatic nitrogens is 3. The summed E-state index contributed by atoms with van der Waals surface area (Å²) >= 11 is 0. The van der Waals surface area contributed by atoms with Crippen LogP contribution in [0.25, 0.3) is 5.82 Å². The van der Waals surface area contributed by atoms with E-state index in [4.69, 9.17) is 0 Å². The van der Waals surface area contributed by atoms with Gasteiger partial charge in [-0.15, -0.1) is 0 Å². The molecule has 1 atom stereocenters. The first-order valence-electron chi connectivity index (χ1n) is 8.46. The summed E-state index contributed by atoms with van der Waals surface area (Å²) in [5.41, 5.74) is 0.0632. The Hall–Kier alpha value is -4.01. The number of hydrogen-bond donors (Lipinski definition) is 3. The third kappa shape index (κ3) is 3.09. The first-order chi connectivity index (χ1) is 13.5. The molecule has 0 bridgehead atoms. The molecular formula is C19H16N6O3. The highest BCUT2D eigenvalue weighted by atomic mass is 16.2. The van der Waals surface area contributed by atoms with Crippen molar-refractivity contribution >= 4 is 23.5 Å². The number of pyridine rings is 1. The molecule has 1 saturated heterocycles. The van der Waals surface area contributed by atoms with E-state index in [1.807, 2.05) is 0 Å². The van der Waals surface area contributed by atoms with E-state index in [9.17, 15) is 14.4 Å². The van der Waals surface area contributed by atoms with Gasteiger partial charge in [-0.1, -0.05) is 18.2 Å². The largest absolute Gasteiger partial charge is 0.322 e. The van der Waals surface area contributed by atoms with E-state index >= 15 is 0 Å². The normalized spacial score (nSPS) is 18.5. The van der Waals surface area contributed by atoms with Crippen LogP contribution in [0.5, 0.6) is 0 Å². The van der Waals surface area contributed by atoms with Gasteiger partial charge in [0.25, 0.3) is 11.8 Å². The van der Waals surface area contributed by atoms with E-state index in [-0.39, 0.29) is 5.69 Å². The molecular weight excluding hydrogens is 360 g/mol. The molecule has 0 unspecified atom stereocenters. The van der Waals surface area contributed by atoms with Gasteiger partial charge in [0.05, 0.1) is 0 Å². The summed E-state index contributed by atoms with van der Waals surface area (Å²) in [5.74, 6) is -0.281. The van der Waals surface area contributed by atoms with Gasteiger partial charge in [0.15, 0.2) is 0 Å². The van der Waals surface area contributed by atoms with Crippen molar-refractivity contribution in [2.24, 2.45) is 0 Å². The average Bonchev–Trinajstić information content (AvgIpc) is 3.31. The zero-order chi connectivity index (χ0) is 19.7. The van der Waals surface area contributed by atoms with Crippen molar-refractivity contribution in [3.8, 4) is 5.82 Å². The van der Waals surface area contributed by atoms with Crippen LogP contribution in [0.2, 0.25) is 0 Å². The average molecular weight is 376 g/mol. The van der Waals surface area contributed by atoms with Crippen LogP contribution in [-0.4, -0.2) is 32.4 Å². The number of rotatable bonds is 4. The van der Waals surface area contributed by atoms with Gasteiger partial charge in [-0.3, -0.25) is 19.5 Å². The lowest BCUT2D eigenvalue weighted by Gasteiger charge is -2.21. The number of hydrogen-bond acceptors (Lipinski definition) is 5. The number of urea groups is 1. The van der Waals surface area contributed by atoms with Crippen LogP contribution >= 0.6 is 0 Å². The summed E-state index contributed by atoms with van der Waals surface area (Å²) in [5, 5.41) is 7.58. The molecule has 140 valence electrons. The van der Waals surface area contributed by atoms with E-state index in [0.717, 1.165) is 0 Å². The van der Waals surface area contributed by atoms with Gasteiger partial charge in [0.2, 0.25) is 0 Å². The van der Waals surface area contributed by atoms with E-state index in [0.29, 0.717) is 17.1 Å². The quantitative estimate of drug-likeness (QED) is 0.598. The number of benzene rings is 1. The summed E-state index contributed by atoms with van der Waals surface area (Å²) in [4.78, 5) is 44.5. The summed E-state index contributed by atoms with van der Waals surface area (Å²) < 4.78 is 1.69. The molecule has 0 aliphatic carbocycles. The Morgan fingerprint density at radius 3 is 2.71 bits per heavy atom. The predicted octanol–water partition coefficient (Wildman–Crippen LogP) is 1.57. The standard InChI is InChI=1S/C19H16N6O3/c1-19(17(27)23-18(28)24-19)12-4-2-5-13(10-12)21-16(26)14-6-3-7-15(22-14)25-9-8-20-11-25/h2-11H,1H3,(H,21,26)(H2,23,24,27,28)/t19-/m0/s1. The minimum atomic E-state index is -1.20. The lowest BCUT2D eigenvalue weighted by molar-refractivity contribution is -0.123. The first kappa shape index (κ1) is 17.4. The molecule has 1 aliphatic rings. The highest BCUT2D eigenvalue weighted by molar-refractivity contribution is 6.07. The summed E-state index contributed by atoms with van der Waals surface area (Å²) in [6.45, 7) is 1.60. The molecule has 3 aromatic rings. The Balaban J connectivity index is 1.57. The number of nitrogens with zero attached hydrogens (tertiary/aromatic N) is 3. The van der Waals surface area contributed by atoms with Crippen molar-refractivity contribution < 1.29 is 14.4 Å². The SMILES string of the molecule is C[C@@]1(c2cccc(NC(=O)c3cccc(-n4ccnc4)n3)c2)NC(=O)NC1=O. The molecule has 2 aromatic heterocycles. The molecule has 28 heavy (non-hydrogen) atoms. The number of imide groups is 1. The van der Waals surface area contributed by atoms with Crippen LogP contribution in [0.15, 0.2) is 61.2 Å². The summed E-state index contributed by atoms with van der Waals surface area (Å²) in [6.07, 6.45) is 4.95. The maximum absolute atomic E-state index is 12.6. The molecule has 1 fully saturated rings. The molecule has 1 aromatic carbocycles. The number of carbonyl (C=O) groups is 3. The van der Waals surface area contributed by atoms with Crippen molar-refractivity contribution in [3.05, 3.63) is 72.4 Å². The zero-order valence-corrected chi connectivity index (χ0v) is 14.8. The van der Waals surface area contributed by atoms with Crippen LogP contribution in [0.4, 0.5) is 10.5 Å². The second-order valence-corrected chi connectivity index (χ2v) is 6.42. The van der Waals surface area contributed by atoms with Crippen molar-refractivity contribution in [2.45, 2.75) is 12.5 Å². The van der Waals surface area contributed by atoms with Gasteiger partial charge in [0.1, 0.15) is 23.4 Å². The van der Waals surface area contributed by atoms with E-state index < -0.39 is 23.4 Å². The van der Waals surface area contributed by atoms with Gasteiger partial charge in [-0.05, 0) is 36.8 Å². The molecule has 4 amide bonds. The van der Waals surface area contributed by atoms with Crippen molar-refractivity contribution in [3.63, 3.8) is 0 Å². The minimum Gasteiger partial charge on any atom is -0.321 e. The fourth-order valence-corrected chi connectivity index (χ4v) is 2.94. The first-order valence-corrected chi connectivity index (χ1v) is 8.46. The van der Waals surface area contributed by atoms with Crippen molar-refractivity contribution in [1.29, 1.82) is 0 Å². The van der Waals surface area contributed by atoms with Crippen LogP contribution in [0.1, 0.15) is 23.0 Å². The highest BCUT2D eigenvalue weighted by Gasteiger charge is 2.43. The molecule has 3 heterocycles. The van der Waals surface area contributed by atoms with Crippen LogP contribution < -0.4 is 16.0 Å². The maximum atomic E-state index is 12.6. The maximum Gasteiger partial charge on any atom is 0.322 e. The van der Waals surface area contributed by atoms with E-state index in [1.54, 1.807) is 72.7 Å². The molecule has 1 aliphatic heterocycles. The Bertz CT molecular complexity index is 1080. The highest BCUT2D eigenvalue weighted by Crippen LogP contribution is 2.26. The number of carbonyl (C=O) groups excluding carboxylic acids is 3.